The second kappa shape index (κ2) is 7.61. The second-order valence-corrected chi connectivity index (χ2v) is 6.06. The molecule has 0 atom stereocenters. The molecule has 3 aromatic rings. The number of amides is 1. The maximum atomic E-state index is 12.7. The number of carbonyl (C=O) groups excluding carboxylic acids is 1. The van der Waals surface area contributed by atoms with E-state index in [1.165, 1.54) is 14.2 Å². The Morgan fingerprint density at radius 3 is 2.73 bits per heavy atom. The molecule has 0 unspecified atom stereocenters. The summed E-state index contributed by atoms with van der Waals surface area (Å²) in [6, 6.07) is 8.54. The molecule has 0 spiro atoms. The first kappa shape index (κ1) is 18.0. The molecular formula is C18H19ClN4O3. The van der Waals surface area contributed by atoms with Gasteiger partial charge in [0.25, 0.3) is 5.91 Å². The molecule has 0 saturated heterocycles. The van der Waals surface area contributed by atoms with Crippen LogP contribution in [-0.4, -0.2) is 35.1 Å². The molecule has 1 amide bonds. The average Bonchev–Trinajstić information content (AvgIpc) is 3.05. The van der Waals surface area contributed by atoms with E-state index in [4.69, 9.17) is 21.1 Å². The molecule has 0 aliphatic carbocycles. The lowest BCUT2D eigenvalue weighted by atomic mass is 10.1. The summed E-state index contributed by atoms with van der Waals surface area (Å²) in [5.74, 6) is 0.638. The lowest BCUT2D eigenvalue weighted by Crippen LogP contribution is -2.13. The quantitative estimate of drug-likeness (QED) is 0.710. The summed E-state index contributed by atoms with van der Waals surface area (Å²) in [5.41, 5.74) is 2.40. The van der Waals surface area contributed by atoms with Gasteiger partial charge < -0.3 is 14.8 Å². The summed E-state index contributed by atoms with van der Waals surface area (Å²) in [4.78, 5) is 12.7. The number of ether oxygens (including phenoxy) is 2. The van der Waals surface area contributed by atoms with Crippen molar-refractivity contribution in [2.45, 2.75) is 19.9 Å². The van der Waals surface area contributed by atoms with E-state index in [1.807, 2.05) is 10.7 Å². The highest BCUT2D eigenvalue weighted by atomic mass is 35.5. The van der Waals surface area contributed by atoms with E-state index in [0.717, 1.165) is 18.5 Å². The average molecular weight is 375 g/mol. The number of nitrogens with one attached hydrogen (secondary N) is 1. The van der Waals surface area contributed by atoms with E-state index in [2.05, 4.69) is 22.6 Å². The Morgan fingerprint density at radius 1 is 1.23 bits per heavy atom. The van der Waals surface area contributed by atoms with E-state index in [1.54, 1.807) is 24.3 Å². The smallest absolute Gasteiger partial charge is 0.255 e. The van der Waals surface area contributed by atoms with Gasteiger partial charge in [-0.25, -0.2) is 4.68 Å². The second-order valence-electron chi connectivity index (χ2n) is 5.66. The zero-order chi connectivity index (χ0) is 18.7. The van der Waals surface area contributed by atoms with E-state index in [0.29, 0.717) is 33.3 Å². The summed E-state index contributed by atoms with van der Waals surface area (Å²) >= 11 is 6.26. The van der Waals surface area contributed by atoms with Crippen molar-refractivity contribution in [1.82, 2.24) is 15.0 Å². The Bertz CT molecular complexity index is 955. The summed E-state index contributed by atoms with van der Waals surface area (Å²) < 4.78 is 12.3. The number of anilines is 1. The molecule has 0 aliphatic rings. The molecule has 0 aliphatic heterocycles. The SMILES string of the molecule is CCCn1nnc2cc(C(=O)Nc3c(Cl)cc(OC)cc3OC)ccc21. The fourth-order valence-electron chi connectivity index (χ4n) is 2.63. The molecule has 0 radical (unpaired) electrons. The maximum absolute atomic E-state index is 12.7. The first-order chi connectivity index (χ1) is 12.6. The van der Waals surface area contributed by atoms with Gasteiger partial charge in [-0.15, -0.1) is 5.10 Å². The zero-order valence-corrected chi connectivity index (χ0v) is 15.5. The lowest BCUT2D eigenvalue weighted by Gasteiger charge is -2.13. The minimum Gasteiger partial charge on any atom is -0.497 e. The number of fused-ring (bicyclic) bond motifs is 1. The molecule has 26 heavy (non-hydrogen) atoms. The molecule has 1 heterocycles. The third-order valence-electron chi connectivity index (χ3n) is 3.93. The van der Waals surface area contributed by atoms with Crippen molar-refractivity contribution in [3.8, 4) is 11.5 Å². The fourth-order valence-corrected chi connectivity index (χ4v) is 2.88. The molecule has 8 heteroatoms. The highest BCUT2D eigenvalue weighted by Gasteiger charge is 2.16. The Labute approximate surface area is 155 Å². The Hall–Kier alpha value is -2.80. The Kier molecular flexibility index (Phi) is 5.27. The van der Waals surface area contributed by atoms with Gasteiger partial charge in [0.1, 0.15) is 22.7 Å². The van der Waals surface area contributed by atoms with Gasteiger partial charge in [-0.1, -0.05) is 23.7 Å². The van der Waals surface area contributed by atoms with Crippen molar-refractivity contribution in [2.75, 3.05) is 19.5 Å². The number of aromatic nitrogens is 3. The van der Waals surface area contributed by atoms with Crippen LogP contribution in [0.5, 0.6) is 11.5 Å². The monoisotopic (exact) mass is 374 g/mol. The first-order valence-electron chi connectivity index (χ1n) is 8.13. The van der Waals surface area contributed by atoms with Crippen molar-refractivity contribution < 1.29 is 14.3 Å². The fraction of sp³-hybridized carbons (Fsp3) is 0.278. The van der Waals surface area contributed by atoms with Crippen LogP contribution in [0.2, 0.25) is 5.02 Å². The molecule has 0 saturated carbocycles. The van der Waals surface area contributed by atoms with Crippen LogP contribution in [-0.2, 0) is 6.54 Å². The largest absolute Gasteiger partial charge is 0.497 e. The number of hydrogen-bond donors (Lipinski definition) is 1. The topological polar surface area (TPSA) is 78.3 Å². The van der Waals surface area contributed by atoms with Crippen LogP contribution in [0, 0.1) is 0 Å². The number of rotatable bonds is 6. The lowest BCUT2D eigenvalue weighted by molar-refractivity contribution is 0.102. The molecule has 136 valence electrons. The molecule has 1 N–H and O–H groups in total. The van der Waals surface area contributed by atoms with Crippen LogP contribution < -0.4 is 14.8 Å². The van der Waals surface area contributed by atoms with Crippen molar-refractivity contribution in [2.24, 2.45) is 0 Å². The van der Waals surface area contributed by atoms with Gasteiger partial charge in [0, 0.05) is 24.2 Å². The number of benzene rings is 2. The summed E-state index contributed by atoms with van der Waals surface area (Å²) in [7, 11) is 3.03. The van der Waals surface area contributed by atoms with E-state index in [-0.39, 0.29) is 5.91 Å². The van der Waals surface area contributed by atoms with E-state index < -0.39 is 0 Å². The predicted octanol–water partition coefficient (Wildman–Crippen LogP) is 3.76. The van der Waals surface area contributed by atoms with Crippen LogP contribution in [0.3, 0.4) is 0 Å². The molecular weight excluding hydrogens is 356 g/mol. The standard InChI is InChI=1S/C18H19ClN4O3/c1-4-7-23-15-6-5-11(8-14(15)21-22-23)18(24)20-17-13(19)9-12(25-2)10-16(17)26-3/h5-6,8-10H,4,7H2,1-3H3,(H,20,24). The van der Waals surface area contributed by atoms with Gasteiger partial charge in [-0.05, 0) is 24.6 Å². The van der Waals surface area contributed by atoms with Crippen molar-refractivity contribution in [3.63, 3.8) is 0 Å². The zero-order valence-electron chi connectivity index (χ0n) is 14.7. The molecule has 3 rings (SSSR count). The van der Waals surface area contributed by atoms with Gasteiger partial charge in [0.2, 0.25) is 0 Å². The normalized spacial score (nSPS) is 10.8. The molecule has 1 aromatic heterocycles. The van der Waals surface area contributed by atoms with Crippen LogP contribution in [0.1, 0.15) is 23.7 Å². The van der Waals surface area contributed by atoms with Gasteiger partial charge in [0.05, 0.1) is 24.8 Å². The molecule has 2 aromatic carbocycles. The first-order valence-corrected chi connectivity index (χ1v) is 8.51. The van der Waals surface area contributed by atoms with Gasteiger partial charge >= 0.3 is 0 Å². The summed E-state index contributed by atoms with van der Waals surface area (Å²) in [6.07, 6.45) is 0.955. The maximum Gasteiger partial charge on any atom is 0.255 e. The number of methoxy groups -OCH3 is 2. The van der Waals surface area contributed by atoms with Crippen molar-refractivity contribution in [3.05, 3.63) is 40.9 Å². The van der Waals surface area contributed by atoms with Gasteiger partial charge in [-0.3, -0.25) is 4.79 Å². The predicted molar refractivity (Wildman–Crippen MR) is 100 cm³/mol. The molecule has 7 nitrogen and oxygen atoms in total. The Balaban J connectivity index is 1.90. The van der Waals surface area contributed by atoms with E-state index in [9.17, 15) is 4.79 Å². The summed E-state index contributed by atoms with van der Waals surface area (Å²) in [6.45, 7) is 2.85. The van der Waals surface area contributed by atoms with E-state index >= 15 is 0 Å². The van der Waals surface area contributed by atoms with Crippen molar-refractivity contribution >= 4 is 34.2 Å². The van der Waals surface area contributed by atoms with Gasteiger partial charge in [-0.2, -0.15) is 0 Å². The Morgan fingerprint density at radius 2 is 2.04 bits per heavy atom. The van der Waals surface area contributed by atoms with Crippen LogP contribution in [0.25, 0.3) is 11.0 Å². The third-order valence-corrected chi connectivity index (χ3v) is 4.23. The third kappa shape index (κ3) is 3.43. The number of aryl methyl sites for hydroxylation is 1. The minimum absolute atomic E-state index is 0.317. The van der Waals surface area contributed by atoms with Crippen molar-refractivity contribution in [1.29, 1.82) is 0 Å². The number of nitrogens with zero attached hydrogens (tertiary/aromatic N) is 3. The van der Waals surface area contributed by atoms with Crippen LogP contribution in [0.15, 0.2) is 30.3 Å². The highest BCUT2D eigenvalue weighted by Crippen LogP contribution is 2.37. The minimum atomic E-state index is -0.317. The molecule has 0 fully saturated rings. The summed E-state index contributed by atoms with van der Waals surface area (Å²) in [5, 5.41) is 11.3. The van der Waals surface area contributed by atoms with Gasteiger partial charge in [0.15, 0.2) is 0 Å². The number of carbonyl (C=O) groups is 1. The number of hydrogen-bond acceptors (Lipinski definition) is 5. The van der Waals surface area contributed by atoms with Crippen LogP contribution >= 0.6 is 11.6 Å². The highest BCUT2D eigenvalue weighted by molar-refractivity contribution is 6.34. The molecule has 0 bridgehead atoms. The number of halogens is 1. The van der Waals surface area contributed by atoms with Crippen LogP contribution in [0.4, 0.5) is 5.69 Å².